The molecule has 0 saturated heterocycles. The Kier molecular flexibility index (Phi) is 4.53. The number of nitrogens with two attached hydrogens (primary N) is 1. The molecule has 5 nitrogen and oxygen atoms in total. The van der Waals surface area contributed by atoms with Crippen molar-refractivity contribution < 1.29 is 13.2 Å². The molecule has 0 unspecified atom stereocenters. The molecule has 0 radical (unpaired) electrons. The molecule has 0 aromatic heterocycles. The van der Waals surface area contributed by atoms with Gasteiger partial charge in [-0.25, -0.2) is 13.6 Å². The van der Waals surface area contributed by atoms with Gasteiger partial charge in [0.25, 0.3) is 5.91 Å². The number of carbonyl (C=O) groups is 1. The monoisotopic (exact) mass is 344 g/mol. The van der Waals surface area contributed by atoms with Gasteiger partial charge in [0.15, 0.2) is 0 Å². The van der Waals surface area contributed by atoms with Gasteiger partial charge in [-0.15, -0.1) is 0 Å². The molecule has 0 aliphatic heterocycles. The van der Waals surface area contributed by atoms with E-state index in [-0.39, 0.29) is 21.2 Å². The molecule has 0 atom stereocenters. The SMILES string of the molecule is NS(=O)(=O)c1ccccc1NC(=O)c1ccc(Cl)c(Cl)c1. The number of primary sulfonamides is 1. The Hall–Kier alpha value is -1.60. The lowest BCUT2D eigenvalue weighted by molar-refractivity contribution is 0.102. The van der Waals surface area contributed by atoms with E-state index in [9.17, 15) is 13.2 Å². The predicted molar refractivity (Wildman–Crippen MR) is 82.2 cm³/mol. The Labute approximate surface area is 131 Å². The number of anilines is 1. The van der Waals surface area contributed by atoms with E-state index in [0.717, 1.165) is 0 Å². The van der Waals surface area contributed by atoms with Gasteiger partial charge >= 0.3 is 0 Å². The molecule has 110 valence electrons. The van der Waals surface area contributed by atoms with Gasteiger partial charge in [0.05, 0.1) is 15.7 Å². The molecular formula is C13H10Cl2N2O3S. The Balaban J connectivity index is 2.34. The second-order valence-corrected chi connectivity index (χ2v) is 6.47. The number of nitrogens with one attached hydrogen (secondary N) is 1. The highest BCUT2D eigenvalue weighted by Crippen LogP contribution is 2.24. The van der Waals surface area contributed by atoms with Crippen LogP contribution in [0.1, 0.15) is 10.4 Å². The van der Waals surface area contributed by atoms with Crippen molar-refractivity contribution >= 4 is 44.8 Å². The van der Waals surface area contributed by atoms with Crippen molar-refractivity contribution in [2.45, 2.75) is 4.90 Å². The molecule has 0 spiro atoms. The molecule has 2 aromatic rings. The highest BCUT2D eigenvalue weighted by molar-refractivity contribution is 7.89. The predicted octanol–water partition coefficient (Wildman–Crippen LogP) is 2.89. The first-order chi connectivity index (χ1) is 9.79. The number of halogens is 2. The summed E-state index contributed by atoms with van der Waals surface area (Å²) >= 11 is 11.6. The van der Waals surface area contributed by atoms with Gasteiger partial charge in [-0.05, 0) is 30.3 Å². The van der Waals surface area contributed by atoms with Crippen molar-refractivity contribution in [3.8, 4) is 0 Å². The summed E-state index contributed by atoms with van der Waals surface area (Å²) in [6.07, 6.45) is 0. The molecule has 8 heteroatoms. The van der Waals surface area contributed by atoms with Gasteiger partial charge in [-0.3, -0.25) is 4.79 Å². The summed E-state index contributed by atoms with van der Waals surface area (Å²) in [5, 5.41) is 8.12. The van der Waals surface area contributed by atoms with Gasteiger partial charge in [0.1, 0.15) is 4.90 Å². The van der Waals surface area contributed by atoms with Crippen molar-refractivity contribution in [3.05, 3.63) is 58.1 Å². The topological polar surface area (TPSA) is 89.3 Å². The molecule has 2 rings (SSSR count). The van der Waals surface area contributed by atoms with Crippen LogP contribution in [0, 0.1) is 0 Å². The summed E-state index contributed by atoms with van der Waals surface area (Å²) in [4.78, 5) is 11.9. The maximum atomic E-state index is 12.1. The largest absolute Gasteiger partial charge is 0.321 e. The van der Waals surface area contributed by atoms with Gasteiger partial charge < -0.3 is 5.32 Å². The average Bonchev–Trinajstić information content (AvgIpc) is 2.41. The minimum absolute atomic E-state index is 0.0936. The van der Waals surface area contributed by atoms with Crippen LogP contribution in [0.2, 0.25) is 10.0 Å². The molecular weight excluding hydrogens is 335 g/mol. The highest BCUT2D eigenvalue weighted by atomic mass is 35.5. The zero-order valence-electron chi connectivity index (χ0n) is 10.5. The highest BCUT2D eigenvalue weighted by Gasteiger charge is 2.16. The standard InChI is InChI=1S/C13H10Cl2N2O3S/c14-9-6-5-8(7-10(9)15)13(18)17-11-3-1-2-4-12(11)21(16,19)20/h1-7H,(H,17,18)(H2,16,19,20). The van der Waals surface area contributed by atoms with Crippen LogP contribution in [0.25, 0.3) is 0 Å². The average molecular weight is 345 g/mol. The van der Waals surface area contributed by atoms with Crippen molar-refractivity contribution in [1.82, 2.24) is 0 Å². The van der Waals surface area contributed by atoms with Gasteiger partial charge in [0, 0.05) is 5.56 Å². The van der Waals surface area contributed by atoms with E-state index in [1.165, 1.54) is 36.4 Å². The second kappa shape index (κ2) is 6.03. The Morgan fingerprint density at radius 1 is 1.05 bits per heavy atom. The second-order valence-electron chi connectivity index (χ2n) is 4.12. The number of amides is 1. The first-order valence-corrected chi connectivity index (χ1v) is 7.97. The number of benzene rings is 2. The number of sulfonamides is 1. The normalized spacial score (nSPS) is 11.2. The number of carbonyl (C=O) groups excluding carboxylic acids is 1. The third kappa shape index (κ3) is 3.74. The Morgan fingerprint density at radius 2 is 1.71 bits per heavy atom. The van der Waals surface area contributed by atoms with Crippen molar-refractivity contribution in [2.75, 3.05) is 5.32 Å². The fourth-order valence-corrected chi connectivity index (χ4v) is 2.64. The smallest absolute Gasteiger partial charge is 0.255 e. The Bertz CT molecular complexity index is 807. The van der Waals surface area contributed by atoms with Crippen molar-refractivity contribution in [2.24, 2.45) is 5.14 Å². The molecule has 0 aliphatic carbocycles. The molecule has 0 heterocycles. The molecule has 0 aliphatic rings. The van der Waals surface area contributed by atoms with Crippen LogP contribution in [0.15, 0.2) is 47.4 Å². The number of hydrogen-bond donors (Lipinski definition) is 2. The summed E-state index contributed by atoms with van der Waals surface area (Å²) in [5.41, 5.74) is 0.338. The van der Waals surface area contributed by atoms with E-state index in [1.54, 1.807) is 6.07 Å². The maximum absolute atomic E-state index is 12.1. The molecule has 0 saturated carbocycles. The van der Waals surface area contributed by atoms with Crippen LogP contribution in [0.5, 0.6) is 0 Å². The number of rotatable bonds is 3. The molecule has 0 bridgehead atoms. The van der Waals surface area contributed by atoms with Crippen LogP contribution in [-0.4, -0.2) is 14.3 Å². The zero-order valence-corrected chi connectivity index (χ0v) is 12.8. The lowest BCUT2D eigenvalue weighted by atomic mass is 10.2. The van der Waals surface area contributed by atoms with Gasteiger partial charge in [0.2, 0.25) is 10.0 Å². The third-order valence-corrected chi connectivity index (χ3v) is 4.33. The minimum Gasteiger partial charge on any atom is -0.321 e. The van der Waals surface area contributed by atoms with Crippen molar-refractivity contribution in [1.29, 1.82) is 0 Å². The van der Waals surface area contributed by atoms with E-state index in [4.69, 9.17) is 28.3 Å². The van der Waals surface area contributed by atoms with E-state index in [1.807, 2.05) is 0 Å². The molecule has 21 heavy (non-hydrogen) atoms. The number of para-hydroxylation sites is 1. The van der Waals surface area contributed by atoms with Gasteiger partial charge in [-0.1, -0.05) is 35.3 Å². The zero-order chi connectivity index (χ0) is 15.6. The minimum atomic E-state index is -3.94. The van der Waals surface area contributed by atoms with E-state index >= 15 is 0 Å². The summed E-state index contributed by atoms with van der Waals surface area (Å²) < 4.78 is 22.9. The molecule has 3 N–H and O–H groups in total. The summed E-state index contributed by atoms with van der Waals surface area (Å²) in [6.45, 7) is 0. The van der Waals surface area contributed by atoms with E-state index in [2.05, 4.69) is 5.32 Å². The van der Waals surface area contributed by atoms with Crippen LogP contribution < -0.4 is 10.5 Å². The quantitative estimate of drug-likeness (QED) is 0.896. The maximum Gasteiger partial charge on any atom is 0.255 e. The first-order valence-electron chi connectivity index (χ1n) is 5.67. The van der Waals surface area contributed by atoms with Crippen LogP contribution in [0.3, 0.4) is 0 Å². The summed E-state index contributed by atoms with van der Waals surface area (Å²) in [5.74, 6) is -0.523. The first kappa shape index (κ1) is 15.8. The summed E-state index contributed by atoms with van der Waals surface area (Å²) in [6, 6.07) is 10.2. The fraction of sp³-hybridized carbons (Fsp3) is 0. The third-order valence-electron chi connectivity index (χ3n) is 2.62. The van der Waals surface area contributed by atoms with Crippen LogP contribution in [-0.2, 0) is 10.0 Å². The van der Waals surface area contributed by atoms with Crippen LogP contribution in [0.4, 0.5) is 5.69 Å². The van der Waals surface area contributed by atoms with Gasteiger partial charge in [-0.2, -0.15) is 0 Å². The van der Waals surface area contributed by atoms with E-state index < -0.39 is 15.9 Å². The van der Waals surface area contributed by atoms with E-state index in [0.29, 0.717) is 5.02 Å². The number of hydrogen-bond acceptors (Lipinski definition) is 3. The Morgan fingerprint density at radius 3 is 2.33 bits per heavy atom. The summed E-state index contributed by atoms with van der Waals surface area (Å²) in [7, 11) is -3.94. The molecule has 2 aromatic carbocycles. The lowest BCUT2D eigenvalue weighted by Gasteiger charge is -2.09. The lowest BCUT2D eigenvalue weighted by Crippen LogP contribution is -2.18. The molecule has 1 amide bonds. The van der Waals surface area contributed by atoms with Crippen molar-refractivity contribution in [3.63, 3.8) is 0 Å². The van der Waals surface area contributed by atoms with Crippen LogP contribution >= 0.6 is 23.2 Å². The fourth-order valence-electron chi connectivity index (χ4n) is 1.65. The molecule has 0 fully saturated rings.